The normalized spacial score (nSPS) is 20.7. The molecule has 1 amide bonds. The predicted molar refractivity (Wildman–Crippen MR) is 117 cm³/mol. The number of amidine groups is 1. The Morgan fingerprint density at radius 1 is 1.16 bits per heavy atom. The minimum Gasteiger partial charge on any atom is -0.491 e. The zero-order valence-corrected chi connectivity index (χ0v) is 17.8. The number of amides is 1. The molecule has 1 aromatic heterocycles. The number of hydrogen-bond acceptors (Lipinski definition) is 7. The highest BCUT2D eigenvalue weighted by Gasteiger charge is 2.34. The Morgan fingerprint density at radius 2 is 1.84 bits per heavy atom. The molecule has 0 unspecified atom stereocenters. The van der Waals surface area contributed by atoms with Crippen molar-refractivity contribution in [2.24, 2.45) is 11.7 Å². The van der Waals surface area contributed by atoms with Gasteiger partial charge in [0.05, 0.1) is 23.9 Å². The highest BCUT2D eigenvalue weighted by atomic mass is 16.5. The number of rotatable bonds is 8. The number of carbonyl (C=O) groups excluding carboxylic acids is 2. The van der Waals surface area contributed by atoms with E-state index in [1.807, 2.05) is 24.3 Å². The van der Waals surface area contributed by atoms with Crippen LogP contribution in [-0.2, 0) is 14.3 Å². The first-order chi connectivity index (χ1) is 15.5. The van der Waals surface area contributed by atoms with Crippen molar-refractivity contribution >= 4 is 17.7 Å². The van der Waals surface area contributed by atoms with E-state index in [9.17, 15) is 9.59 Å². The molecular weight excluding hydrogens is 410 g/mol. The summed E-state index contributed by atoms with van der Waals surface area (Å²) in [5.74, 6) is 0.336. The van der Waals surface area contributed by atoms with E-state index in [1.54, 1.807) is 0 Å². The molecule has 9 nitrogen and oxygen atoms in total. The fraction of sp³-hybridized carbons (Fsp3) is 0.435. The van der Waals surface area contributed by atoms with Crippen LogP contribution in [-0.4, -0.2) is 46.4 Å². The third-order valence-corrected chi connectivity index (χ3v) is 5.83. The Morgan fingerprint density at radius 3 is 2.50 bits per heavy atom. The average molecular weight is 438 g/mol. The number of carbonyl (C=O) groups is 2. The van der Waals surface area contributed by atoms with Crippen LogP contribution in [0.4, 0.5) is 0 Å². The summed E-state index contributed by atoms with van der Waals surface area (Å²) in [5, 5.41) is 10.3. The number of esters is 1. The summed E-state index contributed by atoms with van der Waals surface area (Å²) >= 11 is 0. The standard InChI is InChI=1S/C23H27N5O4/c24-21(25)16-11-26-22(27-12-16)14-5-7-18(8-6-14)31-13-17-9-15(23(30)28-17)10-20(29)32-19-3-1-2-4-19/h5-8,11-12,15,17,19H,1-4,9-10,13H2,(H3,24,25)(H,28,30)/t15-,17-/m0/s1. The van der Waals surface area contributed by atoms with Gasteiger partial charge in [0.1, 0.15) is 24.3 Å². The van der Waals surface area contributed by atoms with Crippen LogP contribution < -0.4 is 15.8 Å². The Hall–Kier alpha value is -3.49. The SMILES string of the molecule is N=C(N)c1cnc(-c2ccc(OC[C@@H]3C[C@@H](CC(=O)OC4CCCC4)C(=O)N3)cc2)nc1. The van der Waals surface area contributed by atoms with Gasteiger partial charge in [-0.3, -0.25) is 15.0 Å². The van der Waals surface area contributed by atoms with Crippen molar-refractivity contribution in [3.05, 3.63) is 42.2 Å². The minimum absolute atomic E-state index is 0.0199. The summed E-state index contributed by atoms with van der Waals surface area (Å²) in [7, 11) is 0. The molecule has 1 saturated carbocycles. The molecule has 2 aliphatic rings. The lowest BCUT2D eigenvalue weighted by Gasteiger charge is -2.13. The molecule has 1 aliphatic heterocycles. The number of aromatic nitrogens is 2. The number of nitrogens with zero attached hydrogens (tertiary/aromatic N) is 2. The van der Waals surface area contributed by atoms with Crippen molar-refractivity contribution in [2.75, 3.05) is 6.61 Å². The summed E-state index contributed by atoms with van der Waals surface area (Å²) in [6.45, 7) is 0.322. The lowest BCUT2D eigenvalue weighted by atomic mass is 10.0. The molecule has 1 saturated heterocycles. The number of benzene rings is 1. The molecule has 1 aromatic carbocycles. The molecule has 1 aliphatic carbocycles. The molecule has 32 heavy (non-hydrogen) atoms. The summed E-state index contributed by atoms with van der Waals surface area (Å²) in [6.07, 6.45) is 7.76. The van der Waals surface area contributed by atoms with Gasteiger partial charge in [0, 0.05) is 18.0 Å². The van der Waals surface area contributed by atoms with Crippen LogP contribution in [0.5, 0.6) is 5.75 Å². The number of nitrogens with two attached hydrogens (primary N) is 1. The molecule has 0 radical (unpaired) electrons. The van der Waals surface area contributed by atoms with Gasteiger partial charge in [0.25, 0.3) is 0 Å². The minimum atomic E-state index is -0.366. The topological polar surface area (TPSA) is 140 Å². The molecule has 9 heteroatoms. The first-order valence-corrected chi connectivity index (χ1v) is 10.9. The molecule has 2 atom stereocenters. The number of nitrogens with one attached hydrogen (secondary N) is 2. The third kappa shape index (κ3) is 5.40. The fourth-order valence-corrected chi connectivity index (χ4v) is 4.07. The van der Waals surface area contributed by atoms with E-state index in [4.69, 9.17) is 20.6 Å². The van der Waals surface area contributed by atoms with E-state index in [2.05, 4.69) is 15.3 Å². The fourth-order valence-electron chi connectivity index (χ4n) is 4.07. The second-order valence-corrected chi connectivity index (χ2v) is 8.28. The van der Waals surface area contributed by atoms with Crippen molar-refractivity contribution in [2.45, 2.75) is 50.7 Å². The van der Waals surface area contributed by atoms with Gasteiger partial charge in [-0.2, -0.15) is 0 Å². The molecule has 4 rings (SSSR count). The molecule has 4 N–H and O–H groups in total. The van der Waals surface area contributed by atoms with Crippen molar-refractivity contribution in [3.8, 4) is 17.1 Å². The molecule has 2 heterocycles. The van der Waals surface area contributed by atoms with Gasteiger partial charge >= 0.3 is 5.97 Å². The van der Waals surface area contributed by atoms with Gasteiger partial charge in [0.15, 0.2) is 5.82 Å². The molecule has 2 aromatic rings. The Labute approximate surface area is 186 Å². The van der Waals surface area contributed by atoms with Crippen LogP contribution >= 0.6 is 0 Å². The first-order valence-electron chi connectivity index (χ1n) is 10.9. The maximum Gasteiger partial charge on any atom is 0.306 e. The Kier molecular flexibility index (Phi) is 6.63. The van der Waals surface area contributed by atoms with Gasteiger partial charge in [-0.1, -0.05) is 0 Å². The zero-order chi connectivity index (χ0) is 22.5. The molecular formula is C23H27N5O4. The van der Waals surface area contributed by atoms with E-state index < -0.39 is 0 Å². The van der Waals surface area contributed by atoms with Crippen LogP contribution in [0.15, 0.2) is 36.7 Å². The second kappa shape index (κ2) is 9.76. The van der Waals surface area contributed by atoms with Crippen LogP contribution in [0.1, 0.15) is 44.1 Å². The highest BCUT2D eigenvalue weighted by molar-refractivity contribution is 5.94. The van der Waals surface area contributed by atoms with Crippen molar-refractivity contribution in [3.63, 3.8) is 0 Å². The van der Waals surface area contributed by atoms with Crippen LogP contribution in [0.2, 0.25) is 0 Å². The van der Waals surface area contributed by atoms with Crippen LogP contribution in [0, 0.1) is 11.3 Å². The lowest BCUT2D eigenvalue weighted by molar-refractivity contribution is -0.151. The molecule has 168 valence electrons. The molecule has 0 bridgehead atoms. The van der Waals surface area contributed by atoms with Gasteiger partial charge in [-0.25, -0.2) is 9.97 Å². The van der Waals surface area contributed by atoms with Crippen LogP contribution in [0.25, 0.3) is 11.4 Å². The molecule has 0 spiro atoms. The number of nitrogen functional groups attached to an aromatic ring is 1. The van der Waals surface area contributed by atoms with Crippen molar-refractivity contribution in [1.82, 2.24) is 15.3 Å². The Bertz CT molecular complexity index is 971. The summed E-state index contributed by atoms with van der Waals surface area (Å²) in [5.41, 5.74) is 6.70. The van der Waals surface area contributed by atoms with Gasteiger partial charge in [-0.15, -0.1) is 0 Å². The van der Waals surface area contributed by atoms with Gasteiger partial charge in [-0.05, 0) is 56.4 Å². The average Bonchev–Trinajstić information content (AvgIpc) is 3.42. The summed E-state index contributed by atoms with van der Waals surface area (Å²) < 4.78 is 11.3. The monoisotopic (exact) mass is 437 g/mol. The third-order valence-electron chi connectivity index (χ3n) is 5.83. The zero-order valence-electron chi connectivity index (χ0n) is 17.8. The van der Waals surface area contributed by atoms with E-state index in [0.29, 0.717) is 30.2 Å². The van der Waals surface area contributed by atoms with Crippen molar-refractivity contribution < 1.29 is 19.1 Å². The van der Waals surface area contributed by atoms with Crippen molar-refractivity contribution in [1.29, 1.82) is 5.41 Å². The van der Waals surface area contributed by atoms with E-state index >= 15 is 0 Å². The second-order valence-electron chi connectivity index (χ2n) is 8.28. The maximum atomic E-state index is 12.2. The summed E-state index contributed by atoms with van der Waals surface area (Å²) in [4.78, 5) is 32.8. The van der Waals surface area contributed by atoms with Gasteiger partial charge < -0.3 is 20.5 Å². The lowest BCUT2D eigenvalue weighted by Crippen LogP contribution is -2.31. The van der Waals surface area contributed by atoms with Crippen LogP contribution in [0.3, 0.4) is 0 Å². The number of hydrogen-bond donors (Lipinski definition) is 3. The van der Waals surface area contributed by atoms with E-state index in [1.165, 1.54) is 12.4 Å². The maximum absolute atomic E-state index is 12.2. The predicted octanol–water partition coefficient (Wildman–Crippen LogP) is 2.19. The largest absolute Gasteiger partial charge is 0.491 e. The smallest absolute Gasteiger partial charge is 0.306 e. The number of ether oxygens (including phenoxy) is 2. The van der Waals surface area contributed by atoms with E-state index in [0.717, 1.165) is 31.2 Å². The Balaban J connectivity index is 1.25. The molecule has 2 fully saturated rings. The highest BCUT2D eigenvalue weighted by Crippen LogP contribution is 2.25. The van der Waals surface area contributed by atoms with E-state index in [-0.39, 0.29) is 42.2 Å². The van der Waals surface area contributed by atoms with Gasteiger partial charge in [0.2, 0.25) is 5.91 Å². The quantitative estimate of drug-likeness (QED) is 0.327. The summed E-state index contributed by atoms with van der Waals surface area (Å²) in [6, 6.07) is 7.16. The first kappa shape index (κ1) is 21.7.